The smallest absolute Gasteiger partial charge is 0.277 e. The summed E-state index contributed by atoms with van der Waals surface area (Å²) in [6.07, 6.45) is 0.920. The van der Waals surface area contributed by atoms with E-state index in [1.54, 1.807) is 11.3 Å². The van der Waals surface area contributed by atoms with Gasteiger partial charge in [0.05, 0.1) is 0 Å². The van der Waals surface area contributed by atoms with Crippen molar-refractivity contribution in [1.29, 1.82) is 0 Å². The molecule has 0 radical (unpaired) electrons. The highest BCUT2D eigenvalue weighted by atomic mass is 32.1. The van der Waals surface area contributed by atoms with E-state index in [1.165, 1.54) is 16.9 Å². The van der Waals surface area contributed by atoms with Crippen LogP contribution < -0.4 is 4.90 Å². The molecule has 2 aromatic heterocycles. The molecule has 1 amide bonds. The van der Waals surface area contributed by atoms with Crippen LogP contribution in [0.25, 0.3) is 10.6 Å². The van der Waals surface area contributed by atoms with Crippen LogP contribution in [0.4, 0.5) is 5.69 Å². The molecule has 1 aromatic carbocycles. The quantitative estimate of drug-likeness (QED) is 0.714. The van der Waals surface area contributed by atoms with E-state index in [9.17, 15) is 4.79 Å². The van der Waals surface area contributed by atoms with Gasteiger partial charge in [-0.15, -0.1) is 11.3 Å². The molecule has 3 aromatic rings. The van der Waals surface area contributed by atoms with Crippen molar-refractivity contribution < 1.29 is 4.79 Å². The minimum Gasteiger partial charge on any atom is -0.306 e. The van der Waals surface area contributed by atoms with E-state index in [0.29, 0.717) is 5.69 Å². The SMILES string of the molecule is O=C(c1csc(-c2ccsc2)n1)N1CCc2ccccc21. The van der Waals surface area contributed by atoms with Gasteiger partial charge in [0.2, 0.25) is 0 Å². The zero-order valence-electron chi connectivity index (χ0n) is 11.2. The maximum absolute atomic E-state index is 12.7. The molecule has 0 unspecified atom stereocenters. The highest BCUT2D eigenvalue weighted by Crippen LogP contribution is 2.30. The Kier molecular flexibility index (Phi) is 3.09. The highest BCUT2D eigenvalue weighted by Gasteiger charge is 2.26. The second-order valence-corrected chi connectivity index (χ2v) is 6.52. The average molecular weight is 312 g/mol. The van der Waals surface area contributed by atoms with Gasteiger partial charge in [0, 0.05) is 28.6 Å². The van der Waals surface area contributed by atoms with Crippen LogP contribution >= 0.6 is 22.7 Å². The molecule has 3 heterocycles. The number of hydrogen-bond donors (Lipinski definition) is 0. The van der Waals surface area contributed by atoms with Crippen LogP contribution in [0.15, 0.2) is 46.5 Å². The number of fused-ring (bicyclic) bond motifs is 1. The van der Waals surface area contributed by atoms with Crippen molar-refractivity contribution in [1.82, 2.24) is 4.98 Å². The minimum atomic E-state index is -0.00215. The van der Waals surface area contributed by atoms with Gasteiger partial charge in [-0.1, -0.05) is 18.2 Å². The van der Waals surface area contributed by atoms with Gasteiger partial charge in [0.1, 0.15) is 10.7 Å². The fourth-order valence-electron chi connectivity index (χ4n) is 2.58. The molecule has 5 heteroatoms. The number of aromatic nitrogens is 1. The number of nitrogens with zero attached hydrogens (tertiary/aromatic N) is 2. The standard InChI is InChI=1S/C16H12N2OS2/c19-16(18-7-5-11-3-1-2-4-14(11)18)13-10-21-15(17-13)12-6-8-20-9-12/h1-4,6,8-10H,5,7H2. The van der Waals surface area contributed by atoms with Crippen molar-refractivity contribution >= 4 is 34.3 Å². The van der Waals surface area contributed by atoms with E-state index >= 15 is 0 Å². The number of rotatable bonds is 2. The number of hydrogen-bond acceptors (Lipinski definition) is 4. The van der Waals surface area contributed by atoms with Crippen molar-refractivity contribution in [2.45, 2.75) is 6.42 Å². The second kappa shape index (κ2) is 5.09. The number of carbonyl (C=O) groups excluding carboxylic acids is 1. The molecule has 4 rings (SSSR count). The number of amides is 1. The third-order valence-corrected chi connectivity index (χ3v) is 5.20. The molecule has 3 nitrogen and oxygen atoms in total. The van der Waals surface area contributed by atoms with E-state index in [4.69, 9.17) is 0 Å². The molecular formula is C16H12N2OS2. The Morgan fingerprint density at radius 1 is 1.19 bits per heavy atom. The van der Waals surface area contributed by atoms with Crippen molar-refractivity contribution in [3.63, 3.8) is 0 Å². The van der Waals surface area contributed by atoms with Crippen molar-refractivity contribution in [3.8, 4) is 10.6 Å². The summed E-state index contributed by atoms with van der Waals surface area (Å²) < 4.78 is 0. The Balaban J connectivity index is 1.65. The number of para-hydroxylation sites is 1. The van der Waals surface area contributed by atoms with Gasteiger partial charge in [0.15, 0.2) is 0 Å². The van der Waals surface area contributed by atoms with Crippen LogP contribution in [0.5, 0.6) is 0 Å². The predicted octanol–water partition coefficient (Wildman–Crippen LogP) is 4.07. The molecule has 0 saturated heterocycles. The van der Waals surface area contributed by atoms with Crippen LogP contribution in [-0.4, -0.2) is 17.4 Å². The first kappa shape index (κ1) is 12.7. The van der Waals surface area contributed by atoms with Crippen LogP contribution in [0.1, 0.15) is 16.1 Å². The summed E-state index contributed by atoms with van der Waals surface area (Å²) in [6.45, 7) is 0.740. The van der Waals surface area contributed by atoms with E-state index in [1.807, 2.05) is 39.9 Å². The first-order valence-electron chi connectivity index (χ1n) is 6.71. The molecule has 1 aliphatic rings. The number of thiazole rings is 1. The summed E-state index contributed by atoms with van der Waals surface area (Å²) in [5.41, 5.74) is 3.88. The van der Waals surface area contributed by atoms with Gasteiger partial charge in [-0.3, -0.25) is 4.79 Å². The zero-order chi connectivity index (χ0) is 14.2. The fraction of sp³-hybridized carbons (Fsp3) is 0.125. The maximum atomic E-state index is 12.7. The Morgan fingerprint density at radius 3 is 2.95 bits per heavy atom. The molecule has 0 N–H and O–H groups in total. The van der Waals surface area contributed by atoms with Gasteiger partial charge < -0.3 is 4.90 Å². The molecule has 0 atom stereocenters. The molecule has 0 spiro atoms. The predicted molar refractivity (Wildman–Crippen MR) is 87.2 cm³/mol. The lowest BCUT2D eigenvalue weighted by Crippen LogP contribution is -2.29. The molecule has 1 aliphatic heterocycles. The summed E-state index contributed by atoms with van der Waals surface area (Å²) in [6, 6.07) is 10.1. The zero-order valence-corrected chi connectivity index (χ0v) is 12.8. The van der Waals surface area contributed by atoms with Crippen molar-refractivity contribution in [2.24, 2.45) is 0 Å². The van der Waals surface area contributed by atoms with Gasteiger partial charge in [-0.25, -0.2) is 4.98 Å². The van der Waals surface area contributed by atoms with Gasteiger partial charge in [-0.2, -0.15) is 11.3 Å². The summed E-state index contributed by atoms with van der Waals surface area (Å²) in [7, 11) is 0. The molecule has 0 bridgehead atoms. The molecular weight excluding hydrogens is 300 g/mol. The number of benzene rings is 1. The van der Waals surface area contributed by atoms with Gasteiger partial charge >= 0.3 is 0 Å². The highest BCUT2D eigenvalue weighted by molar-refractivity contribution is 7.14. The Morgan fingerprint density at radius 2 is 2.10 bits per heavy atom. The van der Waals surface area contributed by atoms with Gasteiger partial charge in [0.25, 0.3) is 5.91 Å². The Hall–Kier alpha value is -1.98. The monoisotopic (exact) mass is 312 g/mol. The Labute approximate surface area is 130 Å². The summed E-state index contributed by atoms with van der Waals surface area (Å²) in [4.78, 5) is 19.0. The van der Waals surface area contributed by atoms with Crippen LogP contribution in [0.2, 0.25) is 0 Å². The van der Waals surface area contributed by atoms with Crippen LogP contribution in [0, 0.1) is 0 Å². The third kappa shape index (κ3) is 2.18. The number of anilines is 1. The van der Waals surface area contributed by atoms with E-state index < -0.39 is 0 Å². The minimum absolute atomic E-state index is 0.00215. The first-order chi connectivity index (χ1) is 10.3. The van der Waals surface area contributed by atoms with Crippen molar-refractivity contribution in [2.75, 3.05) is 11.4 Å². The Bertz CT molecular complexity index is 792. The first-order valence-corrected chi connectivity index (χ1v) is 8.53. The largest absolute Gasteiger partial charge is 0.306 e. The molecule has 21 heavy (non-hydrogen) atoms. The number of thiophene rings is 1. The maximum Gasteiger partial charge on any atom is 0.277 e. The molecule has 0 fully saturated rings. The van der Waals surface area contributed by atoms with Crippen molar-refractivity contribution in [3.05, 3.63) is 57.7 Å². The lowest BCUT2D eigenvalue weighted by molar-refractivity contribution is 0.0985. The van der Waals surface area contributed by atoms with Crippen LogP contribution in [0.3, 0.4) is 0 Å². The second-order valence-electron chi connectivity index (χ2n) is 4.89. The molecule has 0 aliphatic carbocycles. The van der Waals surface area contributed by atoms with E-state index in [-0.39, 0.29) is 5.91 Å². The topological polar surface area (TPSA) is 33.2 Å². The summed E-state index contributed by atoms with van der Waals surface area (Å²) in [5, 5.41) is 6.84. The fourth-order valence-corrected chi connectivity index (χ4v) is 4.08. The molecule has 0 saturated carbocycles. The number of carbonyl (C=O) groups is 1. The lowest BCUT2D eigenvalue weighted by atomic mass is 10.2. The average Bonchev–Trinajstić information content (AvgIpc) is 3.25. The lowest BCUT2D eigenvalue weighted by Gasteiger charge is -2.15. The summed E-state index contributed by atoms with van der Waals surface area (Å²) >= 11 is 3.16. The van der Waals surface area contributed by atoms with E-state index in [2.05, 4.69) is 16.4 Å². The van der Waals surface area contributed by atoms with Crippen LogP contribution in [-0.2, 0) is 6.42 Å². The third-order valence-electron chi connectivity index (χ3n) is 3.62. The molecule has 104 valence electrons. The summed E-state index contributed by atoms with van der Waals surface area (Å²) in [5.74, 6) is -0.00215. The van der Waals surface area contributed by atoms with E-state index in [0.717, 1.165) is 29.2 Å². The normalized spacial score (nSPS) is 13.4. The van der Waals surface area contributed by atoms with Gasteiger partial charge in [-0.05, 0) is 29.5 Å².